The molecule has 0 spiro atoms. The number of anilines is 1. The van der Waals surface area contributed by atoms with Crippen LogP contribution in [0.5, 0.6) is 5.75 Å². The number of sulfonamides is 1. The number of aromatic nitrogens is 1. The van der Waals surface area contributed by atoms with Crippen LogP contribution in [0.25, 0.3) is 0 Å². The molecule has 1 aromatic carbocycles. The first-order valence-electron chi connectivity index (χ1n) is 10.7. The number of carboxylic acids is 1. The summed E-state index contributed by atoms with van der Waals surface area (Å²) in [5.41, 5.74) is -0.806. The van der Waals surface area contributed by atoms with Crippen molar-refractivity contribution in [1.29, 1.82) is 0 Å². The first kappa shape index (κ1) is 24.4. The standard InChI is InChI=1S/C21H26N4O7S2/c1-21(2)17(26)16(23-19(29)24-20-22-8-10-33-20)13-11-12(6-7-15(13)32-21)34(30,31)25-9-4-3-5-14(25)18(27)28/h6-8,10-11,14,16-17,26H,3-5,9H2,1-2H3,(H,27,28)(H2,22,23,24,29)/t14?,16-,17+/m1/s1. The van der Waals surface area contributed by atoms with Crippen molar-refractivity contribution in [2.24, 2.45) is 0 Å². The third-order valence-corrected chi connectivity index (χ3v) is 8.59. The maximum absolute atomic E-state index is 13.4. The smallest absolute Gasteiger partial charge is 0.322 e. The second kappa shape index (κ2) is 9.13. The summed E-state index contributed by atoms with van der Waals surface area (Å²) in [6.45, 7) is 3.41. The average molecular weight is 511 g/mol. The number of hydrogen-bond acceptors (Lipinski definition) is 8. The predicted octanol–water partition coefficient (Wildman–Crippen LogP) is 2.17. The number of aliphatic hydroxyl groups excluding tert-OH is 1. The Morgan fingerprint density at radius 2 is 2.06 bits per heavy atom. The monoisotopic (exact) mass is 510 g/mol. The van der Waals surface area contributed by atoms with Gasteiger partial charge in [-0.1, -0.05) is 0 Å². The zero-order valence-corrected chi connectivity index (χ0v) is 20.2. The third-order valence-electron chi connectivity index (χ3n) is 6.00. The van der Waals surface area contributed by atoms with Gasteiger partial charge in [0.2, 0.25) is 10.0 Å². The molecular formula is C21H26N4O7S2. The number of carboxylic acid groups (broad SMARTS) is 1. The van der Waals surface area contributed by atoms with Crippen molar-refractivity contribution in [3.63, 3.8) is 0 Å². The van der Waals surface area contributed by atoms with Gasteiger partial charge in [0.15, 0.2) is 5.13 Å². The summed E-state index contributed by atoms with van der Waals surface area (Å²) in [6, 6.07) is 1.37. The molecule has 2 aliphatic rings. The number of rotatable bonds is 5. The molecule has 1 unspecified atom stereocenters. The maximum atomic E-state index is 13.4. The van der Waals surface area contributed by atoms with Gasteiger partial charge in [-0.05, 0) is 51.3 Å². The first-order chi connectivity index (χ1) is 16.0. The number of aliphatic hydroxyl groups is 1. The highest BCUT2D eigenvalue weighted by atomic mass is 32.2. The van der Waals surface area contributed by atoms with Gasteiger partial charge in [0, 0.05) is 23.7 Å². The molecule has 0 radical (unpaired) electrons. The van der Waals surface area contributed by atoms with Gasteiger partial charge in [0.1, 0.15) is 23.5 Å². The molecule has 184 valence electrons. The molecule has 0 bridgehead atoms. The molecule has 2 amide bonds. The molecule has 4 rings (SSSR count). The largest absolute Gasteiger partial charge is 0.485 e. The second-order valence-corrected chi connectivity index (χ2v) is 11.5. The van der Waals surface area contributed by atoms with Crippen LogP contribution in [0.15, 0.2) is 34.7 Å². The topological polar surface area (TPSA) is 158 Å². The number of nitrogens with zero attached hydrogens (tertiary/aromatic N) is 2. The van der Waals surface area contributed by atoms with Crippen LogP contribution >= 0.6 is 11.3 Å². The normalized spacial score (nSPS) is 24.5. The van der Waals surface area contributed by atoms with Gasteiger partial charge in [-0.2, -0.15) is 4.31 Å². The van der Waals surface area contributed by atoms with Gasteiger partial charge >= 0.3 is 12.0 Å². The van der Waals surface area contributed by atoms with Crippen molar-refractivity contribution in [2.75, 3.05) is 11.9 Å². The van der Waals surface area contributed by atoms with Crippen molar-refractivity contribution < 1.29 is 33.0 Å². The summed E-state index contributed by atoms with van der Waals surface area (Å²) < 4.78 is 33.7. The van der Waals surface area contributed by atoms with Crippen LogP contribution in [0.4, 0.5) is 9.93 Å². The summed E-state index contributed by atoms with van der Waals surface area (Å²) >= 11 is 1.22. The Kier molecular flexibility index (Phi) is 6.55. The van der Waals surface area contributed by atoms with Crippen molar-refractivity contribution in [2.45, 2.75) is 61.8 Å². The SMILES string of the molecule is CC1(C)Oc2ccc(S(=O)(=O)N3CCCCC3C(=O)O)cc2[C@@H](NC(=O)Nc2nccs2)[C@@H]1O. The lowest BCUT2D eigenvalue weighted by Crippen LogP contribution is -2.54. The zero-order chi connectivity index (χ0) is 24.7. The number of nitrogens with one attached hydrogen (secondary N) is 2. The fourth-order valence-electron chi connectivity index (χ4n) is 4.23. The number of aliphatic carboxylic acids is 1. The molecule has 0 saturated carbocycles. The molecule has 2 aliphatic heterocycles. The third kappa shape index (κ3) is 4.60. The Bertz CT molecular complexity index is 1180. The highest BCUT2D eigenvalue weighted by Gasteiger charge is 2.45. The zero-order valence-electron chi connectivity index (χ0n) is 18.6. The molecule has 34 heavy (non-hydrogen) atoms. The van der Waals surface area contributed by atoms with Crippen LogP contribution in [0, 0.1) is 0 Å². The van der Waals surface area contributed by atoms with Gasteiger partial charge in [-0.15, -0.1) is 11.3 Å². The fourth-order valence-corrected chi connectivity index (χ4v) is 6.44. The fraction of sp³-hybridized carbons (Fsp3) is 0.476. The number of benzene rings is 1. The van der Waals surface area contributed by atoms with Crippen LogP contribution in [-0.2, 0) is 14.8 Å². The highest BCUT2D eigenvalue weighted by Crippen LogP contribution is 2.41. The number of amides is 2. The summed E-state index contributed by atoms with van der Waals surface area (Å²) in [5.74, 6) is -0.887. The van der Waals surface area contributed by atoms with E-state index < -0.39 is 45.8 Å². The number of hydrogen-bond donors (Lipinski definition) is 4. The van der Waals surface area contributed by atoms with Crippen molar-refractivity contribution in [3.8, 4) is 5.75 Å². The molecule has 3 atom stereocenters. The van der Waals surface area contributed by atoms with Crippen molar-refractivity contribution >= 4 is 38.5 Å². The molecule has 0 aliphatic carbocycles. The van der Waals surface area contributed by atoms with E-state index in [0.717, 1.165) is 4.31 Å². The number of urea groups is 1. The van der Waals surface area contributed by atoms with Crippen LogP contribution in [0.1, 0.15) is 44.7 Å². The summed E-state index contributed by atoms with van der Waals surface area (Å²) in [7, 11) is -4.15. The van der Waals surface area contributed by atoms with Crippen LogP contribution in [0.3, 0.4) is 0 Å². The Balaban J connectivity index is 1.69. The predicted molar refractivity (Wildman–Crippen MR) is 123 cm³/mol. The van der Waals surface area contributed by atoms with Crippen molar-refractivity contribution in [3.05, 3.63) is 35.3 Å². The van der Waals surface area contributed by atoms with E-state index >= 15 is 0 Å². The number of thiazole rings is 1. The summed E-state index contributed by atoms with van der Waals surface area (Å²) in [4.78, 5) is 28.1. The maximum Gasteiger partial charge on any atom is 0.322 e. The first-order valence-corrected chi connectivity index (χ1v) is 13.1. The van der Waals surface area contributed by atoms with Crippen LogP contribution in [-0.4, -0.2) is 64.2 Å². The molecule has 1 fully saturated rings. The molecule has 11 nitrogen and oxygen atoms in total. The quantitative estimate of drug-likeness (QED) is 0.476. The number of piperidine rings is 1. The Morgan fingerprint density at radius 3 is 2.74 bits per heavy atom. The van der Waals surface area contributed by atoms with Crippen LogP contribution in [0.2, 0.25) is 0 Å². The average Bonchev–Trinajstić information content (AvgIpc) is 3.29. The Labute approximate surface area is 200 Å². The van der Waals surface area contributed by atoms with E-state index in [1.54, 1.807) is 19.2 Å². The van der Waals surface area contributed by atoms with Crippen molar-refractivity contribution in [1.82, 2.24) is 14.6 Å². The van der Waals surface area contributed by atoms with E-state index in [4.69, 9.17) is 4.74 Å². The van der Waals surface area contributed by atoms with E-state index in [0.29, 0.717) is 23.7 Å². The van der Waals surface area contributed by atoms with Gasteiger partial charge in [0.05, 0.1) is 10.9 Å². The van der Waals surface area contributed by atoms with E-state index in [-0.39, 0.29) is 23.4 Å². The van der Waals surface area contributed by atoms with Gasteiger partial charge < -0.3 is 20.3 Å². The summed E-state index contributed by atoms with van der Waals surface area (Å²) in [5, 5.41) is 27.8. The van der Waals surface area contributed by atoms with E-state index in [2.05, 4.69) is 15.6 Å². The van der Waals surface area contributed by atoms with Crippen LogP contribution < -0.4 is 15.4 Å². The summed E-state index contributed by atoms with van der Waals surface area (Å²) in [6.07, 6.45) is 1.75. The minimum absolute atomic E-state index is 0.0977. The highest BCUT2D eigenvalue weighted by molar-refractivity contribution is 7.89. The lowest BCUT2D eigenvalue weighted by Gasteiger charge is -2.42. The van der Waals surface area contributed by atoms with Gasteiger partial charge in [-0.25, -0.2) is 18.2 Å². The van der Waals surface area contributed by atoms with Gasteiger partial charge in [-0.3, -0.25) is 10.1 Å². The lowest BCUT2D eigenvalue weighted by molar-refractivity contribution is -0.142. The van der Waals surface area contributed by atoms with Gasteiger partial charge in [0.25, 0.3) is 0 Å². The molecule has 1 aromatic heterocycles. The molecule has 13 heteroatoms. The minimum Gasteiger partial charge on any atom is -0.485 e. The Hall–Kier alpha value is -2.74. The lowest BCUT2D eigenvalue weighted by atomic mass is 9.86. The van der Waals surface area contributed by atoms with E-state index in [1.807, 2.05) is 0 Å². The Morgan fingerprint density at radius 1 is 1.29 bits per heavy atom. The number of ether oxygens (including phenoxy) is 1. The molecule has 3 heterocycles. The minimum atomic E-state index is -4.15. The second-order valence-electron chi connectivity index (χ2n) is 8.73. The van der Waals surface area contributed by atoms with E-state index in [1.165, 1.54) is 35.7 Å². The number of carbonyl (C=O) groups excluding carboxylic acids is 1. The number of fused-ring (bicyclic) bond motifs is 1. The van der Waals surface area contributed by atoms with E-state index in [9.17, 15) is 28.2 Å². The molecular weight excluding hydrogens is 484 g/mol. The molecule has 4 N–H and O–H groups in total. The molecule has 2 aromatic rings. The molecule has 1 saturated heterocycles. The number of carbonyl (C=O) groups is 2.